The molecule has 5 nitrogen and oxygen atoms in total. The van der Waals surface area contributed by atoms with E-state index in [1.54, 1.807) is 6.20 Å². The topological polar surface area (TPSA) is 38.9 Å². The third-order valence-corrected chi connectivity index (χ3v) is 4.44. The van der Waals surface area contributed by atoms with Crippen molar-refractivity contribution in [1.82, 2.24) is 24.2 Å². The lowest BCUT2D eigenvalue weighted by Gasteiger charge is -2.15. The standard InChI is InChI=1S/C19H23N5S/c1-3-4-13-22(2)15-23-19(25)24(17-10-6-5-7-11-17)18(21-23)16-9-8-12-20-14-16/h5-12,14H,3-4,13,15H2,1-2H3. The molecule has 0 aliphatic carbocycles. The van der Waals surface area contributed by atoms with Crippen LogP contribution in [0.25, 0.3) is 17.1 Å². The van der Waals surface area contributed by atoms with Crippen molar-refractivity contribution in [3.05, 3.63) is 59.6 Å². The lowest BCUT2D eigenvalue weighted by atomic mass is 10.2. The number of pyridine rings is 1. The van der Waals surface area contributed by atoms with E-state index >= 15 is 0 Å². The second-order valence-electron chi connectivity index (χ2n) is 6.09. The zero-order valence-electron chi connectivity index (χ0n) is 14.7. The first kappa shape index (κ1) is 17.5. The Bertz CT molecular complexity index is 855. The number of unbranched alkanes of at least 4 members (excludes halogenated alkanes) is 1. The predicted octanol–water partition coefficient (Wildman–Crippen LogP) is 4.15. The number of hydrogen-bond donors (Lipinski definition) is 0. The van der Waals surface area contributed by atoms with E-state index in [1.807, 2.05) is 57.9 Å². The van der Waals surface area contributed by atoms with Crippen molar-refractivity contribution < 1.29 is 0 Å². The van der Waals surface area contributed by atoms with Crippen molar-refractivity contribution in [3.63, 3.8) is 0 Å². The van der Waals surface area contributed by atoms with E-state index in [2.05, 4.69) is 23.9 Å². The molecule has 0 bridgehead atoms. The monoisotopic (exact) mass is 353 g/mol. The molecule has 0 unspecified atom stereocenters. The van der Waals surface area contributed by atoms with Crippen LogP contribution in [-0.2, 0) is 6.67 Å². The molecule has 6 heteroatoms. The van der Waals surface area contributed by atoms with E-state index < -0.39 is 0 Å². The molecule has 0 amide bonds. The molecule has 0 aliphatic rings. The molecule has 2 heterocycles. The summed E-state index contributed by atoms with van der Waals surface area (Å²) in [5, 5.41) is 4.80. The SMILES string of the molecule is CCCCN(C)Cn1nc(-c2cccnc2)n(-c2ccccc2)c1=S. The molecule has 2 aromatic heterocycles. The maximum absolute atomic E-state index is 5.74. The Morgan fingerprint density at radius 1 is 1.12 bits per heavy atom. The van der Waals surface area contributed by atoms with Gasteiger partial charge in [-0.1, -0.05) is 31.5 Å². The van der Waals surface area contributed by atoms with Gasteiger partial charge in [-0.25, -0.2) is 4.68 Å². The molecule has 0 saturated heterocycles. The first-order valence-corrected chi connectivity index (χ1v) is 8.95. The van der Waals surface area contributed by atoms with Crippen molar-refractivity contribution in [2.75, 3.05) is 13.6 Å². The lowest BCUT2D eigenvalue weighted by molar-refractivity contribution is 0.248. The summed E-state index contributed by atoms with van der Waals surface area (Å²) in [5.74, 6) is 0.813. The summed E-state index contributed by atoms with van der Waals surface area (Å²) in [7, 11) is 2.10. The van der Waals surface area contributed by atoms with Gasteiger partial charge in [0, 0.05) is 23.6 Å². The molecule has 0 spiro atoms. The molecular formula is C19H23N5S. The van der Waals surface area contributed by atoms with E-state index in [9.17, 15) is 0 Å². The van der Waals surface area contributed by atoms with Gasteiger partial charge < -0.3 is 0 Å². The Balaban J connectivity index is 2.05. The number of para-hydroxylation sites is 1. The van der Waals surface area contributed by atoms with Gasteiger partial charge in [0.05, 0.1) is 6.67 Å². The van der Waals surface area contributed by atoms with Crippen molar-refractivity contribution >= 4 is 12.2 Å². The van der Waals surface area contributed by atoms with Crippen LogP contribution in [0.5, 0.6) is 0 Å². The predicted molar refractivity (Wildman–Crippen MR) is 103 cm³/mol. The van der Waals surface area contributed by atoms with Crippen LogP contribution in [0.15, 0.2) is 54.9 Å². The largest absolute Gasteiger partial charge is 0.287 e. The minimum Gasteiger partial charge on any atom is -0.287 e. The molecule has 3 rings (SSSR count). The quantitative estimate of drug-likeness (QED) is 0.598. The zero-order chi connectivity index (χ0) is 17.6. The van der Waals surface area contributed by atoms with Crippen LogP contribution < -0.4 is 0 Å². The Hall–Kier alpha value is -2.31. The fourth-order valence-electron chi connectivity index (χ4n) is 2.72. The number of benzene rings is 1. The molecule has 0 N–H and O–H groups in total. The van der Waals surface area contributed by atoms with Gasteiger partial charge in [0.2, 0.25) is 4.77 Å². The van der Waals surface area contributed by atoms with Crippen molar-refractivity contribution in [3.8, 4) is 17.1 Å². The third-order valence-electron chi connectivity index (χ3n) is 4.04. The van der Waals surface area contributed by atoms with Crippen LogP contribution in [0.2, 0.25) is 0 Å². The molecule has 1 aromatic carbocycles. The highest BCUT2D eigenvalue weighted by Gasteiger charge is 2.15. The Kier molecular flexibility index (Phi) is 5.73. The summed E-state index contributed by atoms with van der Waals surface area (Å²) >= 11 is 5.74. The summed E-state index contributed by atoms with van der Waals surface area (Å²) in [6.07, 6.45) is 5.93. The number of aromatic nitrogens is 4. The molecule has 0 fully saturated rings. The molecule has 3 aromatic rings. The van der Waals surface area contributed by atoms with Crippen molar-refractivity contribution in [2.45, 2.75) is 26.4 Å². The van der Waals surface area contributed by atoms with Crippen molar-refractivity contribution in [2.24, 2.45) is 0 Å². The van der Waals surface area contributed by atoms with E-state index in [4.69, 9.17) is 17.3 Å². The second-order valence-corrected chi connectivity index (χ2v) is 6.46. The summed E-state index contributed by atoms with van der Waals surface area (Å²) in [5.41, 5.74) is 1.96. The highest BCUT2D eigenvalue weighted by molar-refractivity contribution is 7.71. The average molecular weight is 353 g/mol. The Morgan fingerprint density at radius 3 is 2.60 bits per heavy atom. The number of nitrogens with zero attached hydrogens (tertiary/aromatic N) is 5. The second kappa shape index (κ2) is 8.18. The number of rotatable bonds is 7. The molecule has 0 radical (unpaired) electrons. The summed E-state index contributed by atoms with van der Waals surface area (Å²) in [4.78, 5) is 6.47. The maximum Gasteiger partial charge on any atom is 0.204 e. The fraction of sp³-hybridized carbons (Fsp3) is 0.316. The Labute approximate surface area is 153 Å². The summed E-state index contributed by atoms with van der Waals surface area (Å²) in [6, 6.07) is 14.0. The van der Waals surface area contributed by atoms with Gasteiger partial charge in [-0.05, 0) is 56.5 Å². The van der Waals surface area contributed by atoms with Gasteiger partial charge in [0.1, 0.15) is 0 Å². The van der Waals surface area contributed by atoms with Crippen LogP contribution >= 0.6 is 12.2 Å². The molecule has 0 aliphatic heterocycles. The molecule has 0 atom stereocenters. The molecule has 0 saturated carbocycles. The van der Waals surface area contributed by atoms with Crippen molar-refractivity contribution in [1.29, 1.82) is 0 Å². The van der Waals surface area contributed by atoms with Crippen LogP contribution in [-0.4, -0.2) is 37.8 Å². The summed E-state index contributed by atoms with van der Waals surface area (Å²) < 4.78 is 4.59. The first-order valence-electron chi connectivity index (χ1n) is 8.55. The van der Waals surface area contributed by atoms with E-state index in [0.29, 0.717) is 11.4 Å². The zero-order valence-corrected chi connectivity index (χ0v) is 15.5. The minimum absolute atomic E-state index is 0.673. The smallest absolute Gasteiger partial charge is 0.204 e. The fourth-order valence-corrected chi connectivity index (χ4v) is 3.01. The van der Waals surface area contributed by atoms with Gasteiger partial charge in [0.25, 0.3) is 0 Å². The highest BCUT2D eigenvalue weighted by Crippen LogP contribution is 2.22. The van der Waals surface area contributed by atoms with E-state index in [-0.39, 0.29) is 0 Å². The summed E-state index contributed by atoms with van der Waals surface area (Å²) in [6.45, 7) is 3.90. The van der Waals surface area contributed by atoms with Crippen LogP contribution in [0, 0.1) is 4.77 Å². The van der Waals surface area contributed by atoms with Crippen LogP contribution in [0.1, 0.15) is 19.8 Å². The minimum atomic E-state index is 0.673. The third kappa shape index (κ3) is 4.03. The number of hydrogen-bond acceptors (Lipinski definition) is 4. The maximum atomic E-state index is 5.74. The average Bonchev–Trinajstić information content (AvgIpc) is 2.98. The van der Waals surface area contributed by atoms with E-state index in [0.717, 1.165) is 23.6 Å². The van der Waals surface area contributed by atoms with Gasteiger partial charge >= 0.3 is 0 Å². The molecular weight excluding hydrogens is 330 g/mol. The first-order chi connectivity index (χ1) is 12.2. The highest BCUT2D eigenvalue weighted by atomic mass is 32.1. The van der Waals surface area contributed by atoms with Gasteiger partial charge in [-0.2, -0.15) is 0 Å². The lowest BCUT2D eigenvalue weighted by Crippen LogP contribution is -2.24. The Morgan fingerprint density at radius 2 is 1.92 bits per heavy atom. The van der Waals surface area contributed by atoms with Crippen LogP contribution in [0.4, 0.5) is 0 Å². The molecule has 130 valence electrons. The van der Waals surface area contributed by atoms with E-state index in [1.165, 1.54) is 12.8 Å². The normalized spacial score (nSPS) is 11.2. The van der Waals surface area contributed by atoms with Gasteiger partial charge in [-0.15, -0.1) is 5.10 Å². The van der Waals surface area contributed by atoms with Crippen LogP contribution in [0.3, 0.4) is 0 Å². The molecule has 25 heavy (non-hydrogen) atoms. The van der Waals surface area contributed by atoms with Gasteiger partial charge in [-0.3, -0.25) is 14.5 Å². The van der Waals surface area contributed by atoms with Gasteiger partial charge in [0.15, 0.2) is 5.82 Å².